The highest BCUT2D eigenvalue weighted by Crippen LogP contribution is 2.42. The van der Waals surface area contributed by atoms with E-state index in [0.717, 1.165) is 27.8 Å². The van der Waals surface area contributed by atoms with E-state index in [1.54, 1.807) is 11.0 Å². The van der Waals surface area contributed by atoms with Crippen LogP contribution in [0, 0.1) is 6.92 Å². The first-order chi connectivity index (χ1) is 16.0. The Kier molecular flexibility index (Phi) is 5.54. The van der Waals surface area contributed by atoms with Gasteiger partial charge in [-0.1, -0.05) is 52.7 Å². The van der Waals surface area contributed by atoms with Gasteiger partial charge in [-0.05, 0) is 61.4 Å². The van der Waals surface area contributed by atoms with Gasteiger partial charge in [0.25, 0.3) is 5.91 Å². The third-order valence-electron chi connectivity index (χ3n) is 5.78. The maximum atomic E-state index is 13.7. The Morgan fingerprint density at radius 2 is 1.82 bits per heavy atom. The van der Waals surface area contributed by atoms with Crippen molar-refractivity contribution in [2.75, 3.05) is 11.5 Å². The van der Waals surface area contributed by atoms with Crippen molar-refractivity contribution >= 4 is 38.5 Å². The van der Waals surface area contributed by atoms with Gasteiger partial charge < -0.3 is 9.15 Å². The van der Waals surface area contributed by atoms with E-state index < -0.39 is 6.04 Å². The Hall–Kier alpha value is -3.38. The zero-order chi connectivity index (χ0) is 23.1. The van der Waals surface area contributed by atoms with Crippen molar-refractivity contribution in [3.05, 3.63) is 104 Å². The van der Waals surface area contributed by atoms with E-state index in [0.29, 0.717) is 28.8 Å². The minimum Gasteiger partial charge on any atom is -0.494 e. The zero-order valence-corrected chi connectivity index (χ0v) is 19.9. The van der Waals surface area contributed by atoms with Crippen molar-refractivity contribution < 1.29 is 13.9 Å². The fraction of sp³-hybridized carbons (Fsp3) is 0.185. The summed E-state index contributed by atoms with van der Waals surface area (Å²) in [7, 11) is 0. The number of anilines is 1. The van der Waals surface area contributed by atoms with E-state index in [1.807, 2.05) is 67.6 Å². The minimum atomic E-state index is -0.608. The number of ether oxygens (including phenoxy) is 1. The summed E-state index contributed by atoms with van der Waals surface area (Å²) in [6, 6.07) is 19.9. The third-order valence-corrected chi connectivity index (χ3v) is 6.27. The highest BCUT2D eigenvalue weighted by Gasteiger charge is 2.43. The van der Waals surface area contributed by atoms with Gasteiger partial charge in [0.2, 0.25) is 5.76 Å². The van der Waals surface area contributed by atoms with Crippen molar-refractivity contribution in [1.29, 1.82) is 0 Å². The average Bonchev–Trinajstić information content (AvgIpc) is 3.11. The Labute approximate surface area is 199 Å². The molecule has 0 fully saturated rings. The van der Waals surface area contributed by atoms with Crippen molar-refractivity contribution in [2.24, 2.45) is 0 Å². The SMILES string of the molecule is CCCOc1ccc(C2c3c(oc4ccc(C)cc4c3=O)C(=O)N2c2cccc(Br)c2)cc1. The average molecular weight is 504 g/mol. The van der Waals surface area contributed by atoms with Crippen molar-refractivity contribution in [3.8, 4) is 5.75 Å². The van der Waals surface area contributed by atoms with Gasteiger partial charge in [-0.25, -0.2) is 0 Å². The molecule has 1 amide bonds. The number of nitrogens with zero attached hydrogens (tertiary/aromatic N) is 1. The van der Waals surface area contributed by atoms with Crippen LogP contribution in [0.25, 0.3) is 11.0 Å². The van der Waals surface area contributed by atoms with Crippen LogP contribution in [0.2, 0.25) is 0 Å². The smallest absolute Gasteiger partial charge is 0.295 e. The number of benzene rings is 3. The van der Waals surface area contributed by atoms with Gasteiger partial charge in [-0.15, -0.1) is 0 Å². The fourth-order valence-corrected chi connectivity index (χ4v) is 4.65. The molecule has 0 spiro atoms. The number of halogens is 1. The van der Waals surface area contributed by atoms with E-state index in [2.05, 4.69) is 22.9 Å². The molecule has 1 aromatic heterocycles. The van der Waals surface area contributed by atoms with Crippen LogP contribution >= 0.6 is 15.9 Å². The second-order valence-corrected chi connectivity index (χ2v) is 9.06. The lowest BCUT2D eigenvalue weighted by molar-refractivity contribution is 0.0971. The normalized spacial score (nSPS) is 15.2. The van der Waals surface area contributed by atoms with Gasteiger partial charge in [0.15, 0.2) is 5.43 Å². The molecule has 2 heterocycles. The number of hydrogen-bond acceptors (Lipinski definition) is 4. The van der Waals surface area contributed by atoms with Gasteiger partial charge in [0.05, 0.1) is 23.6 Å². The quantitative estimate of drug-likeness (QED) is 0.316. The first-order valence-electron chi connectivity index (χ1n) is 10.9. The lowest BCUT2D eigenvalue weighted by Crippen LogP contribution is -2.29. The van der Waals surface area contributed by atoms with Crippen LogP contribution < -0.4 is 15.1 Å². The molecule has 4 aromatic rings. The monoisotopic (exact) mass is 503 g/mol. The molecule has 0 N–H and O–H groups in total. The molecule has 0 bridgehead atoms. The lowest BCUT2D eigenvalue weighted by atomic mass is 9.98. The van der Waals surface area contributed by atoms with Crippen molar-refractivity contribution in [2.45, 2.75) is 26.3 Å². The Morgan fingerprint density at radius 1 is 1.03 bits per heavy atom. The molecular formula is C27H22BrNO4. The summed E-state index contributed by atoms with van der Waals surface area (Å²) in [5.74, 6) is 0.506. The second kappa shape index (κ2) is 8.52. The Bertz CT molecular complexity index is 1420. The van der Waals surface area contributed by atoms with Crippen LogP contribution in [0.1, 0.15) is 46.6 Å². The van der Waals surface area contributed by atoms with E-state index >= 15 is 0 Å². The van der Waals surface area contributed by atoms with Gasteiger partial charge in [0, 0.05) is 10.2 Å². The molecule has 0 aliphatic carbocycles. The molecule has 0 saturated heterocycles. The first kappa shape index (κ1) is 21.5. The number of rotatable bonds is 5. The number of carbonyl (C=O) groups is 1. The van der Waals surface area contributed by atoms with Gasteiger partial charge >= 0.3 is 0 Å². The summed E-state index contributed by atoms with van der Waals surface area (Å²) in [6.07, 6.45) is 0.913. The molecule has 3 aromatic carbocycles. The lowest BCUT2D eigenvalue weighted by Gasteiger charge is -2.25. The molecule has 5 nitrogen and oxygen atoms in total. The summed E-state index contributed by atoms with van der Waals surface area (Å²) in [5, 5.41) is 0.477. The Balaban J connectivity index is 1.73. The van der Waals surface area contributed by atoms with Crippen molar-refractivity contribution in [1.82, 2.24) is 0 Å². The first-order valence-corrected chi connectivity index (χ1v) is 11.7. The van der Waals surface area contributed by atoms with E-state index in [9.17, 15) is 9.59 Å². The molecule has 1 aliphatic rings. The number of fused-ring (bicyclic) bond motifs is 2. The Morgan fingerprint density at radius 3 is 2.55 bits per heavy atom. The third kappa shape index (κ3) is 3.74. The van der Waals surface area contributed by atoms with Crippen LogP contribution in [0.15, 0.2) is 80.4 Å². The molecule has 0 saturated carbocycles. The van der Waals surface area contributed by atoms with E-state index in [4.69, 9.17) is 9.15 Å². The summed E-state index contributed by atoms with van der Waals surface area (Å²) >= 11 is 3.49. The predicted molar refractivity (Wildman–Crippen MR) is 132 cm³/mol. The highest BCUT2D eigenvalue weighted by atomic mass is 79.9. The fourth-order valence-electron chi connectivity index (χ4n) is 4.26. The molecule has 1 unspecified atom stereocenters. The van der Waals surface area contributed by atoms with Crippen LogP contribution in [0.5, 0.6) is 5.75 Å². The standard InChI is InChI=1S/C27H22BrNO4/c1-3-13-32-20-10-8-17(9-11-20)24-23-25(30)21-14-16(2)7-12-22(21)33-26(23)27(31)29(24)19-6-4-5-18(28)15-19/h4-12,14-15,24H,3,13H2,1-2H3. The summed E-state index contributed by atoms with van der Waals surface area (Å²) in [5.41, 5.74) is 3.03. The molecular weight excluding hydrogens is 482 g/mol. The molecule has 0 radical (unpaired) electrons. The second-order valence-electron chi connectivity index (χ2n) is 8.15. The van der Waals surface area contributed by atoms with Gasteiger partial charge in [-0.2, -0.15) is 0 Å². The van der Waals surface area contributed by atoms with Crippen LogP contribution in [-0.4, -0.2) is 12.5 Å². The largest absolute Gasteiger partial charge is 0.494 e. The molecule has 5 rings (SSSR count). The number of carbonyl (C=O) groups excluding carboxylic acids is 1. The van der Waals surface area contributed by atoms with Crippen LogP contribution in [0.3, 0.4) is 0 Å². The number of amides is 1. The van der Waals surface area contributed by atoms with E-state index in [1.165, 1.54) is 0 Å². The predicted octanol–water partition coefficient (Wildman–Crippen LogP) is 6.40. The highest BCUT2D eigenvalue weighted by molar-refractivity contribution is 9.10. The van der Waals surface area contributed by atoms with Crippen LogP contribution in [0.4, 0.5) is 5.69 Å². The van der Waals surface area contributed by atoms with Gasteiger partial charge in [0.1, 0.15) is 11.3 Å². The number of hydrogen-bond donors (Lipinski definition) is 0. The van der Waals surface area contributed by atoms with Crippen LogP contribution in [-0.2, 0) is 0 Å². The van der Waals surface area contributed by atoms with E-state index in [-0.39, 0.29) is 17.1 Å². The summed E-state index contributed by atoms with van der Waals surface area (Å²) in [6.45, 7) is 4.61. The molecule has 6 heteroatoms. The molecule has 166 valence electrons. The maximum absolute atomic E-state index is 13.7. The number of aryl methyl sites for hydroxylation is 1. The van der Waals surface area contributed by atoms with Crippen molar-refractivity contribution in [3.63, 3.8) is 0 Å². The minimum absolute atomic E-state index is 0.0904. The zero-order valence-electron chi connectivity index (χ0n) is 18.3. The molecule has 33 heavy (non-hydrogen) atoms. The summed E-state index contributed by atoms with van der Waals surface area (Å²) in [4.78, 5) is 28.9. The van der Waals surface area contributed by atoms with Gasteiger partial charge in [-0.3, -0.25) is 14.5 Å². The molecule has 1 aliphatic heterocycles. The topological polar surface area (TPSA) is 59.8 Å². The maximum Gasteiger partial charge on any atom is 0.295 e. The summed E-state index contributed by atoms with van der Waals surface area (Å²) < 4.78 is 12.6. The molecule has 1 atom stereocenters.